The predicted molar refractivity (Wildman–Crippen MR) is 109 cm³/mol. The fourth-order valence-corrected chi connectivity index (χ4v) is 3.83. The molecule has 1 atom stereocenters. The second kappa shape index (κ2) is 7.95. The summed E-state index contributed by atoms with van der Waals surface area (Å²) in [4.78, 5) is 31.9. The number of H-pyrrole nitrogens is 1. The Kier molecular flexibility index (Phi) is 5.20. The summed E-state index contributed by atoms with van der Waals surface area (Å²) >= 11 is 0. The van der Waals surface area contributed by atoms with Crippen molar-refractivity contribution >= 4 is 16.8 Å². The second-order valence-electron chi connectivity index (χ2n) is 7.09. The standard InChI is InChI=1S/C22H23N3O4/c1-28-18-11-13-7-8-17(15(13)12-19(18)29-2)24-21(26)10-9-20-23-16-6-4-3-5-14(16)22(27)25-20/h3-6,11-12,17H,7-10H2,1-2H3,(H,24,26)(H,23,25,27)/t17-/m1/s1. The van der Waals surface area contributed by atoms with Gasteiger partial charge < -0.3 is 19.8 Å². The van der Waals surface area contributed by atoms with Crippen LogP contribution in [0.4, 0.5) is 0 Å². The number of para-hydroxylation sites is 1. The van der Waals surface area contributed by atoms with Gasteiger partial charge >= 0.3 is 0 Å². The molecule has 2 N–H and O–H groups in total. The van der Waals surface area contributed by atoms with Crippen LogP contribution in [0.25, 0.3) is 10.9 Å². The minimum Gasteiger partial charge on any atom is -0.493 e. The summed E-state index contributed by atoms with van der Waals surface area (Å²) in [6, 6.07) is 11.0. The lowest BCUT2D eigenvalue weighted by atomic mass is 10.1. The summed E-state index contributed by atoms with van der Waals surface area (Å²) in [5.74, 6) is 1.80. The lowest BCUT2D eigenvalue weighted by Crippen LogP contribution is -2.27. The van der Waals surface area contributed by atoms with Gasteiger partial charge in [-0.15, -0.1) is 0 Å². The number of hydrogen-bond donors (Lipinski definition) is 2. The van der Waals surface area contributed by atoms with Crippen LogP contribution in [0.2, 0.25) is 0 Å². The van der Waals surface area contributed by atoms with Gasteiger partial charge in [-0.3, -0.25) is 9.59 Å². The minimum atomic E-state index is -0.184. The molecule has 1 heterocycles. The molecule has 3 aromatic rings. The van der Waals surface area contributed by atoms with Crippen LogP contribution >= 0.6 is 0 Å². The highest BCUT2D eigenvalue weighted by molar-refractivity contribution is 5.78. The lowest BCUT2D eigenvalue weighted by Gasteiger charge is -2.16. The number of carbonyl (C=O) groups excluding carboxylic acids is 1. The van der Waals surface area contributed by atoms with Gasteiger partial charge in [0.25, 0.3) is 5.56 Å². The van der Waals surface area contributed by atoms with Gasteiger partial charge in [0.05, 0.1) is 31.2 Å². The van der Waals surface area contributed by atoms with Gasteiger partial charge in [-0.25, -0.2) is 4.98 Å². The van der Waals surface area contributed by atoms with Crippen LogP contribution in [0.1, 0.15) is 35.8 Å². The van der Waals surface area contributed by atoms with Crippen molar-refractivity contribution in [3.63, 3.8) is 0 Å². The molecule has 29 heavy (non-hydrogen) atoms. The summed E-state index contributed by atoms with van der Waals surface area (Å²) in [5.41, 5.74) is 2.68. The number of aromatic nitrogens is 2. The Morgan fingerprint density at radius 2 is 1.97 bits per heavy atom. The number of benzene rings is 2. The maximum atomic E-state index is 12.5. The molecular weight excluding hydrogens is 370 g/mol. The zero-order valence-electron chi connectivity index (χ0n) is 16.5. The fraction of sp³-hybridized carbons (Fsp3) is 0.318. The molecule has 1 amide bonds. The van der Waals surface area contributed by atoms with Crippen LogP contribution in [-0.2, 0) is 17.6 Å². The highest BCUT2D eigenvalue weighted by Crippen LogP contribution is 2.39. The van der Waals surface area contributed by atoms with Gasteiger partial charge in [0.1, 0.15) is 5.82 Å². The summed E-state index contributed by atoms with van der Waals surface area (Å²) in [6.45, 7) is 0. The number of nitrogens with one attached hydrogen (secondary N) is 2. The van der Waals surface area contributed by atoms with Crippen LogP contribution < -0.4 is 20.3 Å². The number of fused-ring (bicyclic) bond motifs is 2. The van der Waals surface area contributed by atoms with Gasteiger partial charge in [0.2, 0.25) is 5.91 Å². The quantitative estimate of drug-likeness (QED) is 0.672. The normalized spacial score (nSPS) is 15.2. The highest BCUT2D eigenvalue weighted by Gasteiger charge is 2.26. The number of nitrogens with zero attached hydrogens (tertiary/aromatic N) is 1. The third kappa shape index (κ3) is 3.81. The smallest absolute Gasteiger partial charge is 0.258 e. The van der Waals surface area contributed by atoms with E-state index in [1.54, 1.807) is 32.4 Å². The molecule has 1 aromatic heterocycles. The minimum absolute atomic E-state index is 0.0547. The van der Waals surface area contributed by atoms with Crippen LogP contribution in [-0.4, -0.2) is 30.1 Å². The number of hydrogen-bond acceptors (Lipinski definition) is 5. The zero-order chi connectivity index (χ0) is 20.4. The molecule has 150 valence electrons. The first-order chi connectivity index (χ1) is 14.1. The van der Waals surface area contributed by atoms with E-state index in [9.17, 15) is 9.59 Å². The monoisotopic (exact) mass is 393 g/mol. The average Bonchev–Trinajstić information content (AvgIpc) is 3.12. The average molecular weight is 393 g/mol. The summed E-state index contributed by atoms with van der Waals surface area (Å²) < 4.78 is 10.7. The molecule has 0 spiro atoms. The molecule has 1 aliphatic rings. The van der Waals surface area contributed by atoms with Crippen LogP contribution in [0.15, 0.2) is 41.2 Å². The van der Waals surface area contributed by atoms with Crippen LogP contribution in [0.5, 0.6) is 11.5 Å². The second-order valence-corrected chi connectivity index (χ2v) is 7.09. The summed E-state index contributed by atoms with van der Waals surface area (Å²) in [7, 11) is 3.22. The van der Waals surface area contributed by atoms with E-state index in [1.807, 2.05) is 18.2 Å². The topological polar surface area (TPSA) is 93.3 Å². The van der Waals surface area contributed by atoms with Gasteiger partial charge in [0.15, 0.2) is 11.5 Å². The van der Waals surface area contributed by atoms with Crippen molar-refractivity contribution in [3.05, 3.63) is 63.7 Å². The number of aryl methyl sites for hydroxylation is 2. The van der Waals surface area contributed by atoms with Gasteiger partial charge in [-0.05, 0) is 48.2 Å². The van der Waals surface area contributed by atoms with Gasteiger partial charge in [-0.2, -0.15) is 0 Å². The van der Waals surface area contributed by atoms with E-state index in [2.05, 4.69) is 15.3 Å². The van der Waals surface area contributed by atoms with Crippen LogP contribution in [0, 0.1) is 0 Å². The summed E-state index contributed by atoms with van der Waals surface area (Å²) in [5, 5.41) is 3.64. The van der Waals surface area contributed by atoms with Crippen molar-refractivity contribution in [3.8, 4) is 11.5 Å². The van der Waals surface area contributed by atoms with E-state index >= 15 is 0 Å². The Morgan fingerprint density at radius 1 is 1.21 bits per heavy atom. The van der Waals surface area contributed by atoms with Crippen molar-refractivity contribution < 1.29 is 14.3 Å². The van der Waals surface area contributed by atoms with Crippen molar-refractivity contribution in [1.29, 1.82) is 0 Å². The molecule has 7 nitrogen and oxygen atoms in total. The van der Waals surface area contributed by atoms with Crippen LogP contribution in [0.3, 0.4) is 0 Å². The van der Waals surface area contributed by atoms with E-state index in [-0.39, 0.29) is 23.9 Å². The number of rotatable bonds is 6. The van der Waals surface area contributed by atoms with Gasteiger partial charge in [0, 0.05) is 12.8 Å². The number of amides is 1. The summed E-state index contributed by atoms with van der Waals surface area (Å²) in [6.07, 6.45) is 2.33. The lowest BCUT2D eigenvalue weighted by molar-refractivity contribution is -0.121. The SMILES string of the molecule is COc1cc2c(cc1OC)[C@H](NC(=O)CCc1nc3ccccc3c(=O)[nH]1)CC2. The van der Waals surface area contributed by atoms with Crippen molar-refractivity contribution in [2.24, 2.45) is 0 Å². The zero-order valence-corrected chi connectivity index (χ0v) is 16.5. The third-order valence-electron chi connectivity index (χ3n) is 5.31. The number of aromatic amines is 1. The fourth-order valence-electron chi connectivity index (χ4n) is 3.83. The molecule has 0 aliphatic heterocycles. The highest BCUT2D eigenvalue weighted by atomic mass is 16.5. The van der Waals surface area contributed by atoms with E-state index in [1.165, 1.54) is 0 Å². The number of ether oxygens (including phenoxy) is 2. The number of methoxy groups -OCH3 is 2. The Hall–Kier alpha value is -3.35. The van der Waals surface area contributed by atoms with Gasteiger partial charge in [-0.1, -0.05) is 12.1 Å². The number of carbonyl (C=O) groups is 1. The van der Waals surface area contributed by atoms with Crippen molar-refractivity contribution in [1.82, 2.24) is 15.3 Å². The Morgan fingerprint density at radius 3 is 2.76 bits per heavy atom. The molecule has 0 saturated heterocycles. The first kappa shape index (κ1) is 19.0. The van der Waals surface area contributed by atoms with E-state index in [0.717, 1.165) is 24.0 Å². The molecular formula is C22H23N3O4. The molecule has 2 aromatic carbocycles. The molecule has 4 rings (SSSR count). The van der Waals surface area contributed by atoms with Crippen molar-refractivity contribution in [2.45, 2.75) is 31.7 Å². The molecule has 0 radical (unpaired) electrons. The maximum absolute atomic E-state index is 12.5. The Balaban J connectivity index is 1.43. The molecule has 0 unspecified atom stereocenters. The van der Waals surface area contributed by atoms with E-state index < -0.39 is 0 Å². The maximum Gasteiger partial charge on any atom is 0.258 e. The van der Waals surface area contributed by atoms with Crippen molar-refractivity contribution in [2.75, 3.05) is 14.2 Å². The Bertz CT molecular complexity index is 1120. The van der Waals surface area contributed by atoms with E-state index in [0.29, 0.717) is 34.6 Å². The molecule has 0 fully saturated rings. The molecule has 1 aliphatic carbocycles. The Labute approximate surface area is 168 Å². The molecule has 0 saturated carbocycles. The third-order valence-corrected chi connectivity index (χ3v) is 5.31. The predicted octanol–water partition coefficient (Wildman–Crippen LogP) is 2.68. The molecule has 7 heteroatoms. The first-order valence-electron chi connectivity index (χ1n) is 9.61. The largest absolute Gasteiger partial charge is 0.493 e. The first-order valence-corrected chi connectivity index (χ1v) is 9.61. The van der Waals surface area contributed by atoms with E-state index in [4.69, 9.17) is 9.47 Å². The molecule has 0 bridgehead atoms.